The van der Waals surface area contributed by atoms with Crippen molar-refractivity contribution in [2.45, 2.75) is 13.5 Å². The maximum absolute atomic E-state index is 6.03. The molecule has 0 atom stereocenters. The van der Waals surface area contributed by atoms with Crippen molar-refractivity contribution in [3.63, 3.8) is 0 Å². The quantitative estimate of drug-likeness (QED) is 0.738. The first-order chi connectivity index (χ1) is 9.74. The average Bonchev–Trinajstić information content (AvgIpc) is 2.91. The van der Waals surface area contributed by atoms with Crippen LogP contribution in [0.5, 0.6) is 0 Å². The summed E-state index contributed by atoms with van der Waals surface area (Å²) in [5, 5.41) is 11.9. The predicted molar refractivity (Wildman–Crippen MR) is 77.9 cm³/mol. The maximum atomic E-state index is 6.03. The summed E-state index contributed by atoms with van der Waals surface area (Å²) in [6.45, 7) is 2.64. The zero-order valence-electron chi connectivity index (χ0n) is 11.2. The number of anilines is 1. The molecule has 0 saturated carbocycles. The van der Waals surface area contributed by atoms with Crippen LogP contribution in [0.1, 0.15) is 11.1 Å². The van der Waals surface area contributed by atoms with Crippen molar-refractivity contribution < 1.29 is 0 Å². The number of aryl methyl sites for hydroxylation is 1. The molecule has 1 aromatic heterocycles. The summed E-state index contributed by atoms with van der Waals surface area (Å²) in [4.78, 5) is 0. The molecule has 3 aromatic rings. The minimum atomic E-state index is 0.622. The lowest BCUT2D eigenvalue weighted by Gasteiger charge is -2.08. The summed E-state index contributed by atoms with van der Waals surface area (Å²) in [6, 6.07) is 15.9. The summed E-state index contributed by atoms with van der Waals surface area (Å²) in [5.74, 6) is 0.690. The third-order valence-corrected chi connectivity index (χ3v) is 3.16. The van der Waals surface area contributed by atoms with Gasteiger partial charge in [-0.05, 0) is 35.0 Å². The number of aromatic nitrogens is 4. The number of nitrogen functional groups attached to an aromatic ring is 1. The molecular formula is C15H15N5. The lowest BCUT2D eigenvalue weighted by atomic mass is 10.1. The fourth-order valence-electron chi connectivity index (χ4n) is 2.12. The van der Waals surface area contributed by atoms with Crippen LogP contribution in [0.2, 0.25) is 0 Å². The predicted octanol–water partition coefficient (Wildman–Crippen LogP) is 2.28. The van der Waals surface area contributed by atoms with Crippen LogP contribution >= 0.6 is 0 Å². The molecule has 20 heavy (non-hydrogen) atoms. The third-order valence-electron chi connectivity index (χ3n) is 3.16. The first-order valence-corrected chi connectivity index (χ1v) is 6.40. The van der Waals surface area contributed by atoms with Gasteiger partial charge in [0.2, 0.25) is 0 Å². The Balaban J connectivity index is 2.00. The highest BCUT2D eigenvalue weighted by Crippen LogP contribution is 2.24. The molecule has 2 N–H and O–H groups in total. The second kappa shape index (κ2) is 5.13. The van der Waals surface area contributed by atoms with Gasteiger partial charge in [0.05, 0.1) is 6.54 Å². The van der Waals surface area contributed by atoms with E-state index in [0.29, 0.717) is 18.1 Å². The van der Waals surface area contributed by atoms with E-state index in [2.05, 4.69) is 15.5 Å². The van der Waals surface area contributed by atoms with Crippen molar-refractivity contribution in [1.29, 1.82) is 0 Å². The van der Waals surface area contributed by atoms with E-state index < -0.39 is 0 Å². The lowest BCUT2D eigenvalue weighted by Crippen LogP contribution is -2.05. The molecule has 0 saturated heterocycles. The van der Waals surface area contributed by atoms with E-state index in [1.807, 2.05) is 55.5 Å². The van der Waals surface area contributed by atoms with Gasteiger partial charge in [-0.3, -0.25) is 0 Å². The summed E-state index contributed by atoms with van der Waals surface area (Å²) in [6.07, 6.45) is 0. The first kappa shape index (κ1) is 12.3. The van der Waals surface area contributed by atoms with Crippen LogP contribution in [0.3, 0.4) is 0 Å². The Morgan fingerprint density at radius 2 is 1.90 bits per heavy atom. The summed E-state index contributed by atoms with van der Waals surface area (Å²) >= 11 is 0. The van der Waals surface area contributed by atoms with Gasteiger partial charge in [-0.15, -0.1) is 5.10 Å². The largest absolute Gasteiger partial charge is 0.398 e. The van der Waals surface area contributed by atoms with Gasteiger partial charge < -0.3 is 5.73 Å². The van der Waals surface area contributed by atoms with Crippen molar-refractivity contribution in [2.75, 3.05) is 5.73 Å². The van der Waals surface area contributed by atoms with Gasteiger partial charge in [-0.25, -0.2) is 4.68 Å². The van der Waals surface area contributed by atoms with E-state index in [4.69, 9.17) is 5.73 Å². The van der Waals surface area contributed by atoms with Crippen LogP contribution in [-0.4, -0.2) is 20.2 Å². The van der Waals surface area contributed by atoms with Crippen LogP contribution in [0, 0.1) is 6.92 Å². The molecular weight excluding hydrogens is 250 g/mol. The fraction of sp³-hybridized carbons (Fsp3) is 0.133. The van der Waals surface area contributed by atoms with Crippen LogP contribution in [0.4, 0.5) is 5.69 Å². The lowest BCUT2D eigenvalue weighted by molar-refractivity contribution is 0.653. The zero-order chi connectivity index (χ0) is 13.9. The van der Waals surface area contributed by atoms with Gasteiger partial charge in [0, 0.05) is 11.3 Å². The van der Waals surface area contributed by atoms with Crippen molar-refractivity contribution in [2.24, 2.45) is 0 Å². The number of rotatable bonds is 3. The zero-order valence-corrected chi connectivity index (χ0v) is 11.2. The summed E-state index contributed by atoms with van der Waals surface area (Å²) < 4.78 is 1.76. The normalized spacial score (nSPS) is 10.7. The molecule has 5 heteroatoms. The van der Waals surface area contributed by atoms with Crippen LogP contribution in [0.15, 0.2) is 48.5 Å². The molecule has 0 aliphatic carbocycles. The van der Waals surface area contributed by atoms with Gasteiger partial charge in [0.25, 0.3) is 0 Å². The van der Waals surface area contributed by atoms with E-state index in [0.717, 1.165) is 16.7 Å². The Hall–Kier alpha value is -2.69. The minimum absolute atomic E-state index is 0.622. The molecule has 0 aliphatic heterocycles. The van der Waals surface area contributed by atoms with Crippen molar-refractivity contribution in [1.82, 2.24) is 20.2 Å². The molecule has 0 bridgehead atoms. The topological polar surface area (TPSA) is 69.6 Å². The molecule has 0 spiro atoms. The van der Waals surface area contributed by atoms with E-state index in [1.165, 1.54) is 0 Å². The molecule has 0 aliphatic rings. The molecule has 0 radical (unpaired) electrons. The van der Waals surface area contributed by atoms with E-state index >= 15 is 0 Å². The SMILES string of the molecule is Cc1ccc(N)c(-c2nnnn2Cc2ccccc2)c1. The highest BCUT2D eigenvalue weighted by Gasteiger charge is 2.12. The van der Waals surface area contributed by atoms with Crippen molar-refractivity contribution in [3.05, 3.63) is 59.7 Å². The van der Waals surface area contributed by atoms with E-state index in [1.54, 1.807) is 4.68 Å². The van der Waals surface area contributed by atoms with Crippen molar-refractivity contribution >= 4 is 5.69 Å². The van der Waals surface area contributed by atoms with Crippen LogP contribution < -0.4 is 5.73 Å². The average molecular weight is 265 g/mol. The van der Waals surface area contributed by atoms with Gasteiger partial charge in [0.15, 0.2) is 5.82 Å². The molecule has 3 rings (SSSR count). The highest BCUT2D eigenvalue weighted by atomic mass is 15.5. The van der Waals surface area contributed by atoms with Gasteiger partial charge in [-0.1, -0.05) is 42.0 Å². The minimum Gasteiger partial charge on any atom is -0.398 e. The molecule has 100 valence electrons. The second-order valence-corrected chi connectivity index (χ2v) is 4.74. The Labute approximate surface area is 117 Å². The summed E-state index contributed by atoms with van der Waals surface area (Å²) in [7, 11) is 0. The highest BCUT2D eigenvalue weighted by molar-refractivity contribution is 5.72. The summed E-state index contributed by atoms with van der Waals surface area (Å²) in [5.41, 5.74) is 9.85. The van der Waals surface area contributed by atoms with Gasteiger partial charge in [0.1, 0.15) is 0 Å². The smallest absolute Gasteiger partial charge is 0.184 e. The Morgan fingerprint density at radius 3 is 2.70 bits per heavy atom. The second-order valence-electron chi connectivity index (χ2n) is 4.74. The molecule has 2 aromatic carbocycles. The Morgan fingerprint density at radius 1 is 1.10 bits per heavy atom. The Bertz CT molecular complexity index is 718. The first-order valence-electron chi connectivity index (χ1n) is 6.40. The van der Waals surface area contributed by atoms with Crippen LogP contribution in [0.25, 0.3) is 11.4 Å². The standard InChI is InChI=1S/C15H15N5/c1-11-7-8-14(16)13(9-11)15-17-18-19-20(15)10-12-5-3-2-4-6-12/h2-9H,10,16H2,1H3. The Kier molecular flexibility index (Phi) is 3.16. The van der Waals surface area contributed by atoms with E-state index in [-0.39, 0.29) is 0 Å². The monoisotopic (exact) mass is 265 g/mol. The van der Waals surface area contributed by atoms with Crippen molar-refractivity contribution in [3.8, 4) is 11.4 Å². The van der Waals surface area contributed by atoms with E-state index in [9.17, 15) is 0 Å². The number of benzene rings is 2. The number of nitrogens with two attached hydrogens (primary N) is 1. The third kappa shape index (κ3) is 2.38. The molecule has 1 heterocycles. The number of nitrogens with zero attached hydrogens (tertiary/aromatic N) is 4. The number of tetrazole rings is 1. The molecule has 0 unspecified atom stereocenters. The number of hydrogen-bond acceptors (Lipinski definition) is 4. The molecule has 5 nitrogen and oxygen atoms in total. The van der Waals surface area contributed by atoms with Gasteiger partial charge in [-0.2, -0.15) is 0 Å². The fourth-order valence-corrected chi connectivity index (χ4v) is 2.12. The maximum Gasteiger partial charge on any atom is 0.184 e. The number of hydrogen-bond donors (Lipinski definition) is 1. The van der Waals surface area contributed by atoms with Crippen LogP contribution in [-0.2, 0) is 6.54 Å². The van der Waals surface area contributed by atoms with Gasteiger partial charge >= 0.3 is 0 Å². The molecule has 0 amide bonds. The molecule has 0 fully saturated rings.